The van der Waals surface area contributed by atoms with Crippen molar-refractivity contribution < 1.29 is 0 Å². The van der Waals surface area contributed by atoms with Gasteiger partial charge < -0.3 is 0 Å². The van der Waals surface area contributed by atoms with Gasteiger partial charge in [-0.15, -0.1) is 0 Å². The highest BCUT2D eigenvalue weighted by Gasteiger charge is 2.24. The van der Waals surface area contributed by atoms with Gasteiger partial charge in [0, 0.05) is 5.54 Å². The molecule has 2 heteroatoms. The van der Waals surface area contributed by atoms with E-state index in [1.165, 1.54) is 0 Å². The number of rotatable bonds is 3. The smallest absolute Gasteiger partial charge is 0.0272 e. The van der Waals surface area contributed by atoms with Crippen molar-refractivity contribution in [2.75, 3.05) is 7.05 Å². The summed E-state index contributed by atoms with van der Waals surface area (Å²) >= 11 is 0. The van der Waals surface area contributed by atoms with Gasteiger partial charge in [-0.25, -0.2) is 0 Å². The second-order valence-corrected chi connectivity index (χ2v) is 5.00. The number of hydrogen-bond acceptors (Lipinski definition) is 2. The van der Waals surface area contributed by atoms with Crippen LogP contribution in [0.5, 0.6) is 0 Å². The third kappa shape index (κ3) is 6.32. The van der Waals surface area contributed by atoms with Gasteiger partial charge in [-0.05, 0) is 32.7 Å². The molecule has 0 heterocycles. The minimum Gasteiger partial charge on any atom is -0.260 e. The summed E-state index contributed by atoms with van der Waals surface area (Å²) in [6.45, 7) is 11.2. The topological polar surface area (TPSA) is 24.1 Å². The molecule has 68 valence electrons. The van der Waals surface area contributed by atoms with Crippen molar-refractivity contribution in [2.45, 2.75) is 46.6 Å². The Morgan fingerprint density at radius 3 is 1.73 bits per heavy atom. The second kappa shape index (κ2) is 3.55. The molecule has 0 aliphatic heterocycles. The Balaban J connectivity index is 3.91. The molecular weight excluding hydrogens is 136 g/mol. The first-order valence-corrected chi connectivity index (χ1v) is 4.21. The van der Waals surface area contributed by atoms with Crippen molar-refractivity contribution >= 4 is 0 Å². The fourth-order valence-electron chi connectivity index (χ4n) is 1.71. The second-order valence-electron chi connectivity index (χ2n) is 5.00. The van der Waals surface area contributed by atoms with E-state index < -0.39 is 0 Å². The van der Waals surface area contributed by atoms with E-state index in [9.17, 15) is 0 Å². The summed E-state index contributed by atoms with van der Waals surface area (Å²) in [5.74, 6) is 0. The van der Waals surface area contributed by atoms with Crippen molar-refractivity contribution in [1.82, 2.24) is 10.9 Å². The van der Waals surface area contributed by atoms with Gasteiger partial charge in [0.15, 0.2) is 0 Å². The Hall–Kier alpha value is -0.0800. The standard InChI is InChI=1S/C9H22N2/c1-8(2,3)7-9(4,5)11-10-6/h10-11H,7H2,1-6H3. The first-order valence-electron chi connectivity index (χ1n) is 4.21. The molecular formula is C9H22N2. The lowest BCUT2D eigenvalue weighted by Crippen LogP contribution is -2.48. The van der Waals surface area contributed by atoms with E-state index in [0.29, 0.717) is 5.41 Å². The third-order valence-corrected chi connectivity index (χ3v) is 1.44. The molecule has 0 spiro atoms. The summed E-state index contributed by atoms with van der Waals surface area (Å²) in [7, 11) is 1.91. The van der Waals surface area contributed by atoms with Crippen LogP contribution in [0.1, 0.15) is 41.0 Å². The lowest BCUT2D eigenvalue weighted by atomic mass is 9.82. The number of hydrogen-bond donors (Lipinski definition) is 2. The van der Waals surface area contributed by atoms with Gasteiger partial charge in [0.05, 0.1) is 0 Å². The van der Waals surface area contributed by atoms with E-state index in [1.807, 2.05) is 7.05 Å². The van der Waals surface area contributed by atoms with Crippen LogP contribution in [0.3, 0.4) is 0 Å². The Labute approximate surface area is 70.7 Å². The van der Waals surface area contributed by atoms with Crippen LogP contribution in [0, 0.1) is 5.41 Å². The Kier molecular flexibility index (Phi) is 3.52. The Morgan fingerprint density at radius 2 is 1.45 bits per heavy atom. The van der Waals surface area contributed by atoms with E-state index in [-0.39, 0.29) is 5.54 Å². The van der Waals surface area contributed by atoms with Gasteiger partial charge >= 0.3 is 0 Å². The number of hydrazine groups is 1. The summed E-state index contributed by atoms with van der Waals surface area (Å²) in [5.41, 5.74) is 6.76. The van der Waals surface area contributed by atoms with E-state index in [0.717, 1.165) is 6.42 Å². The normalized spacial score (nSPS) is 13.6. The maximum absolute atomic E-state index is 3.23. The molecule has 0 bridgehead atoms. The van der Waals surface area contributed by atoms with Crippen LogP contribution in [0.15, 0.2) is 0 Å². The Bertz CT molecular complexity index is 111. The molecule has 0 rings (SSSR count). The van der Waals surface area contributed by atoms with Crippen LogP contribution in [0.2, 0.25) is 0 Å². The Morgan fingerprint density at radius 1 is 1.00 bits per heavy atom. The molecule has 0 amide bonds. The molecule has 0 saturated heterocycles. The zero-order valence-corrected chi connectivity index (χ0v) is 8.71. The first kappa shape index (κ1) is 10.9. The van der Waals surface area contributed by atoms with Crippen LogP contribution in [0.25, 0.3) is 0 Å². The van der Waals surface area contributed by atoms with Gasteiger partial charge in [-0.3, -0.25) is 10.9 Å². The quantitative estimate of drug-likeness (QED) is 0.613. The summed E-state index contributed by atoms with van der Waals surface area (Å²) < 4.78 is 0. The maximum Gasteiger partial charge on any atom is 0.0272 e. The van der Waals surface area contributed by atoms with Crippen molar-refractivity contribution in [2.24, 2.45) is 5.41 Å². The van der Waals surface area contributed by atoms with Crippen LogP contribution < -0.4 is 10.9 Å². The average molecular weight is 158 g/mol. The third-order valence-electron chi connectivity index (χ3n) is 1.44. The minimum absolute atomic E-state index is 0.174. The van der Waals surface area contributed by atoms with Crippen LogP contribution in [0.4, 0.5) is 0 Å². The fraction of sp³-hybridized carbons (Fsp3) is 1.00. The van der Waals surface area contributed by atoms with Crippen LogP contribution in [-0.4, -0.2) is 12.6 Å². The largest absolute Gasteiger partial charge is 0.260 e. The molecule has 0 radical (unpaired) electrons. The van der Waals surface area contributed by atoms with Crippen molar-refractivity contribution in [3.63, 3.8) is 0 Å². The van der Waals surface area contributed by atoms with E-state index in [1.54, 1.807) is 0 Å². The van der Waals surface area contributed by atoms with Gasteiger partial charge in [-0.1, -0.05) is 20.8 Å². The van der Waals surface area contributed by atoms with Crippen molar-refractivity contribution in [3.8, 4) is 0 Å². The molecule has 0 aliphatic rings. The molecule has 0 aromatic carbocycles. The summed E-state index contributed by atoms with van der Waals surface area (Å²) in [4.78, 5) is 0. The lowest BCUT2D eigenvalue weighted by Gasteiger charge is -2.32. The summed E-state index contributed by atoms with van der Waals surface area (Å²) in [5, 5.41) is 0. The zero-order chi connectivity index (χ0) is 9.12. The molecule has 0 aromatic rings. The van der Waals surface area contributed by atoms with E-state index >= 15 is 0 Å². The van der Waals surface area contributed by atoms with Gasteiger partial charge in [-0.2, -0.15) is 0 Å². The van der Waals surface area contributed by atoms with Crippen molar-refractivity contribution in [1.29, 1.82) is 0 Å². The molecule has 0 atom stereocenters. The first-order chi connectivity index (χ1) is 4.77. The lowest BCUT2D eigenvalue weighted by molar-refractivity contribution is 0.226. The zero-order valence-electron chi connectivity index (χ0n) is 8.71. The summed E-state index contributed by atoms with van der Waals surface area (Å²) in [6, 6.07) is 0. The highest BCUT2D eigenvalue weighted by molar-refractivity contribution is 4.81. The van der Waals surface area contributed by atoms with Crippen molar-refractivity contribution in [3.05, 3.63) is 0 Å². The molecule has 2 nitrogen and oxygen atoms in total. The fourth-order valence-corrected chi connectivity index (χ4v) is 1.71. The van der Waals surface area contributed by atoms with Crippen LogP contribution >= 0.6 is 0 Å². The maximum atomic E-state index is 3.23. The predicted octanol–water partition coefficient (Wildman–Crippen LogP) is 1.93. The molecule has 11 heavy (non-hydrogen) atoms. The van der Waals surface area contributed by atoms with E-state index in [2.05, 4.69) is 45.5 Å². The number of nitrogens with one attached hydrogen (secondary N) is 2. The molecule has 0 aromatic heterocycles. The predicted molar refractivity (Wildman–Crippen MR) is 50.3 cm³/mol. The SMILES string of the molecule is CNNC(C)(C)CC(C)(C)C. The summed E-state index contributed by atoms with van der Waals surface area (Å²) in [6.07, 6.45) is 1.15. The molecule has 0 fully saturated rings. The molecule has 0 saturated carbocycles. The van der Waals surface area contributed by atoms with E-state index in [4.69, 9.17) is 0 Å². The van der Waals surface area contributed by atoms with Crippen LogP contribution in [-0.2, 0) is 0 Å². The van der Waals surface area contributed by atoms with Gasteiger partial charge in [0.2, 0.25) is 0 Å². The average Bonchev–Trinajstić information content (AvgIpc) is 1.55. The molecule has 2 N–H and O–H groups in total. The molecule has 0 unspecified atom stereocenters. The molecule has 0 aliphatic carbocycles. The highest BCUT2D eigenvalue weighted by Crippen LogP contribution is 2.26. The highest BCUT2D eigenvalue weighted by atomic mass is 15.4. The van der Waals surface area contributed by atoms with Gasteiger partial charge in [0.1, 0.15) is 0 Å². The van der Waals surface area contributed by atoms with Gasteiger partial charge in [0.25, 0.3) is 0 Å². The monoisotopic (exact) mass is 158 g/mol. The minimum atomic E-state index is 0.174.